The van der Waals surface area contributed by atoms with Gasteiger partial charge in [0.1, 0.15) is 0 Å². The van der Waals surface area contributed by atoms with Crippen LogP contribution in [0.1, 0.15) is 68.6 Å². The molecule has 0 atom stereocenters. The Labute approximate surface area is 166 Å². The van der Waals surface area contributed by atoms with Gasteiger partial charge < -0.3 is 4.74 Å². The molecule has 4 heteroatoms. The summed E-state index contributed by atoms with van der Waals surface area (Å²) in [6, 6.07) is 11.7. The van der Waals surface area contributed by atoms with Gasteiger partial charge in [-0.3, -0.25) is 4.79 Å². The molecule has 0 spiro atoms. The Bertz CT molecular complexity index is 713. The zero-order valence-electron chi connectivity index (χ0n) is 16.0. The SMILES string of the molecule is CCCCCCCCCCOc1ccc(-c2ccc(C(=O)Cl)cc2)cc1F. The summed E-state index contributed by atoms with van der Waals surface area (Å²) in [6.45, 7) is 2.76. The first-order valence-electron chi connectivity index (χ1n) is 9.84. The van der Waals surface area contributed by atoms with Gasteiger partial charge in [0.2, 0.25) is 0 Å². The largest absolute Gasteiger partial charge is 0.491 e. The van der Waals surface area contributed by atoms with Crippen molar-refractivity contribution in [2.24, 2.45) is 0 Å². The molecule has 0 aromatic heterocycles. The maximum atomic E-state index is 14.3. The second-order valence-electron chi connectivity index (χ2n) is 6.82. The van der Waals surface area contributed by atoms with Crippen LogP contribution in [0.3, 0.4) is 0 Å². The molecule has 0 N–H and O–H groups in total. The molecule has 0 amide bonds. The van der Waals surface area contributed by atoms with Gasteiger partial charge in [0.25, 0.3) is 5.24 Å². The van der Waals surface area contributed by atoms with Gasteiger partial charge in [0, 0.05) is 5.56 Å². The van der Waals surface area contributed by atoms with Crippen LogP contribution in [-0.4, -0.2) is 11.8 Å². The van der Waals surface area contributed by atoms with Gasteiger partial charge in [-0.15, -0.1) is 0 Å². The standard InChI is InChI=1S/C23H28ClFO2/c1-2-3-4-5-6-7-8-9-16-27-22-15-14-20(17-21(22)25)18-10-12-19(13-11-18)23(24)26/h10-15,17H,2-9,16H2,1H3. The smallest absolute Gasteiger partial charge is 0.252 e. The summed E-state index contributed by atoms with van der Waals surface area (Å²) in [7, 11) is 0. The average Bonchev–Trinajstić information content (AvgIpc) is 2.67. The topological polar surface area (TPSA) is 26.3 Å². The van der Waals surface area contributed by atoms with E-state index in [2.05, 4.69) is 6.92 Å². The monoisotopic (exact) mass is 390 g/mol. The molecule has 0 aliphatic heterocycles. The number of ether oxygens (including phenoxy) is 1. The van der Waals surface area contributed by atoms with Crippen molar-refractivity contribution in [1.82, 2.24) is 0 Å². The molecule has 0 radical (unpaired) electrons. The summed E-state index contributed by atoms with van der Waals surface area (Å²) < 4.78 is 19.9. The minimum Gasteiger partial charge on any atom is -0.491 e. The van der Waals surface area contributed by atoms with Crippen molar-refractivity contribution >= 4 is 16.8 Å². The van der Waals surface area contributed by atoms with Crippen LogP contribution in [0.4, 0.5) is 4.39 Å². The Hall–Kier alpha value is -1.87. The number of rotatable bonds is 12. The average molecular weight is 391 g/mol. The molecular formula is C23H28ClFO2. The fourth-order valence-electron chi connectivity index (χ4n) is 3.01. The normalized spacial score (nSPS) is 10.8. The fraction of sp³-hybridized carbons (Fsp3) is 0.435. The summed E-state index contributed by atoms with van der Waals surface area (Å²) >= 11 is 5.44. The van der Waals surface area contributed by atoms with Gasteiger partial charge in [-0.2, -0.15) is 0 Å². The molecule has 2 aromatic rings. The lowest BCUT2D eigenvalue weighted by Crippen LogP contribution is -1.99. The van der Waals surface area contributed by atoms with Crippen LogP contribution in [0.5, 0.6) is 5.75 Å². The van der Waals surface area contributed by atoms with Gasteiger partial charge in [0.15, 0.2) is 11.6 Å². The molecule has 0 aliphatic rings. The Morgan fingerprint density at radius 3 is 2.07 bits per heavy atom. The van der Waals surface area contributed by atoms with Crippen molar-refractivity contribution in [3.05, 3.63) is 53.8 Å². The van der Waals surface area contributed by atoms with E-state index in [1.54, 1.807) is 30.3 Å². The van der Waals surface area contributed by atoms with Crippen LogP contribution >= 0.6 is 11.6 Å². The second kappa shape index (κ2) is 11.8. The highest BCUT2D eigenvalue weighted by Gasteiger charge is 2.07. The molecular weight excluding hydrogens is 363 g/mol. The first kappa shape index (κ1) is 21.4. The molecule has 2 rings (SSSR count). The highest BCUT2D eigenvalue weighted by molar-refractivity contribution is 6.67. The number of unbranched alkanes of at least 4 members (excludes halogenated alkanes) is 7. The van der Waals surface area contributed by atoms with E-state index in [1.165, 1.54) is 44.6 Å². The minimum absolute atomic E-state index is 0.286. The molecule has 0 aliphatic carbocycles. The highest BCUT2D eigenvalue weighted by Crippen LogP contribution is 2.26. The lowest BCUT2D eigenvalue weighted by atomic mass is 10.0. The van der Waals surface area contributed by atoms with Gasteiger partial charge >= 0.3 is 0 Å². The minimum atomic E-state index is -0.502. The molecule has 146 valence electrons. The lowest BCUT2D eigenvalue weighted by molar-refractivity contribution is 0.108. The molecule has 0 fully saturated rings. The van der Waals surface area contributed by atoms with E-state index in [0.717, 1.165) is 24.0 Å². The van der Waals surface area contributed by atoms with Gasteiger partial charge in [-0.1, -0.05) is 70.1 Å². The quantitative estimate of drug-likeness (QED) is 0.279. The third-order valence-electron chi connectivity index (χ3n) is 4.63. The van der Waals surface area contributed by atoms with Crippen molar-refractivity contribution in [2.45, 2.75) is 58.3 Å². The van der Waals surface area contributed by atoms with Crippen molar-refractivity contribution in [3.63, 3.8) is 0 Å². The number of hydrogen-bond donors (Lipinski definition) is 0. The van der Waals surface area contributed by atoms with Gasteiger partial charge in [-0.25, -0.2) is 4.39 Å². The van der Waals surface area contributed by atoms with Crippen LogP contribution in [0.15, 0.2) is 42.5 Å². The third-order valence-corrected chi connectivity index (χ3v) is 4.85. The summed E-state index contributed by atoms with van der Waals surface area (Å²) in [4.78, 5) is 11.1. The predicted octanol–water partition coefficient (Wildman–Crippen LogP) is 7.39. The Morgan fingerprint density at radius 1 is 0.889 bits per heavy atom. The molecule has 0 unspecified atom stereocenters. The van der Waals surface area contributed by atoms with Crippen LogP contribution in [-0.2, 0) is 0 Å². The maximum absolute atomic E-state index is 14.3. The summed E-state index contributed by atoms with van der Waals surface area (Å²) in [6.07, 6.45) is 9.80. The number of halogens is 2. The number of benzene rings is 2. The molecule has 0 bridgehead atoms. The first-order valence-corrected chi connectivity index (χ1v) is 10.2. The Balaban J connectivity index is 1.77. The van der Waals surface area contributed by atoms with Crippen LogP contribution in [0.2, 0.25) is 0 Å². The summed E-state index contributed by atoms with van der Waals surface area (Å²) in [5, 5.41) is -0.502. The van der Waals surface area contributed by atoms with Crippen molar-refractivity contribution in [2.75, 3.05) is 6.61 Å². The van der Waals surface area contributed by atoms with Gasteiger partial charge in [-0.05, 0) is 53.4 Å². The highest BCUT2D eigenvalue weighted by atomic mass is 35.5. The molecule has 0 heterocycles. The second-order valence-corrected chi connectivity index (χ2v) is 7.16. The van der Waals surface area contributed by atoms with E-state index in [0.29, 0.717) is 12.2 Å². The summed E-state index contributed by atoms with van der Waals surface area (Å²) in [5.41, 5.74) is 1.98. The molecule has 0 saturated heterocycles. The van der Waals surface area contributed by atoms with E-state index in [9.17, 15) is 9.18 Å². The Kier molecular flexibility index (Phi) is 9.34. The van der Waals surface area contributed by atoms with E-state index in [1.807, 2.05) is 6.07 Å². The van der Waals surface area contributed by atoms with Crippen molar-refractivity contribution in [3.8, 4) is 16.9 Å². The zero-order chi connectivity index (χ0) is 19.5. The number of hydrogen-bond acceptors (Lipinski definition) is 2. The van der Waals surface area contributed by atoms with Crippen molar-refractivity contribution in [1.29, 1.82) is 0 Å². The fourth-order valence-corrected chi connectivity index (χ4v) is 3.14. The predicted molar refractivity (Wildman–Crippen MR) is 110 cm³/mol. The van der Waals surface area contributed by atoms with E-state index < -0.39 is 5.24 Å². The number of carbonyl (C=O) groups is 1. The van der Waals surface area contributed by atoms with Gasteiger partial charge in [0.05, 0.1) is 6.61 Å². The van der Waals surface area contributed by atoms with E-state index >= 15 is 0 Å². The summed E-state index contributed by atoms with van der Waals surface area (Å²) in [5.74, 6) is -0.0844. The van der Waals surface area contributed by atoms with Crippen molar-refractivity contribution < 1.29 is 13.9 Å². The molecule has 27 heavy (non-hydrogen) atoms. The van der Waals surface area contributed by atoms with E-state index in [4.69, 9.17) is 16.3 Å². The lowest BCUT2D eigenvalue weighted by Gasteiger charge is -2.09. The van der Waals surface area contributed by atoms with Crippen LogP contribution < -0.4 is 4.74 Å². The number of carbonyl (C=O) groups excluding carboxylic acids is 1. The molecule has 2 nitrogen and oxygen atoms in total. The van der Waals surface area contributed by atoms with Crippen LogP contribution in [0.25, 0.3) is 11.1 Å². The first-order chi connectivity index (χ1) is 13.1. The van der Waals surface area contributed by atoms with E-state index in [-0.39, 0.29) is 11.6 Å². The van der Waals surface area contributed by atoms with Crippen LogP contribution in [0, 0.1) is 5.82 Å². The molecule has 0 saturated carbocycles. The zero-order valence-corrected chi connectivity index (χ0v) is 16.7. The maximum Gasteiger partial charge on any atom is 0.252 e. The Morgan fingerprint density at radius 2 is 1.48 bits per heavy atom. The molecule has 2 aromatic carbocycles. The third kappa shape index (κ3) is 7.34.